The van der Waals surface area contributed by atoms with Crippen molar-refractivity contribution in [2.24, 2.45) is 0 Å². The van der Waals surface area contributed by atoms with Crippen molar-refractivity contribution in [1.29, 1.82) is 0 Å². The van der Waals surface area contributed by atoms with Crippen molar-refractivity contribution in [3.63, 3.8) is 0 Å². The Hall–Kier alpha value is -2.96. The van der Waals surface area contributed by atoms with Crippen LogP contribution in [0.5, 0.6) is 5.75 Å². The van der Waals surface area contributed by atoms with Crippen molar-refractivity contribution in [3.05, 3.63) is 94.0 Å². The summed E-state index contributed by atoms with van der Waals surface area (Å²) in [5.41, 5.74) is 0.633. The molecule has 4 rings (SSSR count). The Balaban J connectivity index is 1.64. The standard InChI is InChI=1S/C25H22BrNO4/c1-31-20-9-5-8-18(14-20)23(28)16-25(30)21-15-19(26)10-11-22(21)27(24(25)29)13-12-17-6-3-2-4-7-17/h2-11,14-15,30H,12-13,16H2,1H3/t25-/m0/s1. The monoisotopic (exact) mass is 479 g/mol. The van der Waals surface area contributed by atoms with Crippen LogP contribution in [-0.2, 0) is 16.8 Å². The molecule has 1 heterocycles. The molecule has 3 aromatic rings. The van der Waals surface area contributed by atoms with Crippen molar-refractivity contribution >= 4 is 33.3 Å². The van der Waals surface area contributed by atoms with Crippen LogP contribution in [0, 0.1) is 0 Å². The number of aliphatic hydroxyl groups is 1. The molecule has 0 bridgehead atoms. The summed E-state index contributed by atoms with van der Waals surface area (Å²) in [5.74, 6) is -0.262. The van der Waals surface area contributed by atoms with E-state index in [9.17, 15) is 14.7 Å². The molecule has 0 spiro atoms. The van der Waals surface area contributed by atoms with Crippen LogP contribution in [0.3, 0.4) is 0 Å². The molecule has 0 saturated carbocycles. The highest BCUT2D eigenvalue weighted by Crippen LogP contribution is 2.44. The van der Waals surface area contributed by atoms with Gasteiger partial charge >= 0.3 is 0 Å². The molecule has 0 radical (unpaired) electrons. The van der Waals surface area contributed by atoms with Gasteiger partial charge in [0.25, 0.3) is 5.91 Å². The highest BCUT2D eigenvalue weighted by molar-refractivity contribution is 9.10. The summed E-state index contributed by atoms with van der Waals surface area (Å²) in [6.07, 6.45) is 0.298. The average molecular weight is 480 g/mol. The number of nitrogens with zero attached hydrogens (tertiary/aromatic N) is 1. The number of fused-ring (bicyclic) bond motifs is 1. The van der Waals surface area contributed by atoms with Crippen LogP contribution in [0.25, 0.3) is 0 Å². The minimum Gasteiger partial charge on any atom is -0.497 e. The van der Waals surface area contributed by atoms with E-state index in [2.05, 4.69) is 15.9 Å². The molecular formula is C25H22BrNO4. The summed E-state index contributed by atoms with van der Waals surface area (Å²) in [4.78, 5) is 28.0. The SMILES string of the molecule is COc1cccc(C(=O)C[C@@]2(O)C(=O)N(CCc3ccccc3)c3ccc(Br)cc32)c1. The third kappa shape index (κ3) is 4.13. The lowest BCUT2D eigenvalue weighted by Crippen LogP contribution is -2.42. The van der Waals surface area contributed by atoms with Crippen LogP contribution in [-0.4, -0.2) is 30.5 Å². The zero-order valence-corrected chi connectivity index (χ0v) is 18.6. The first kappa shape index (κ1) is 21.3. The number of hydrogen-bond donors (Lipinski definition) is 1. The smallest absolute Gasteiger partial charge is 0.264 e. The van der Waals surface area contributed by atoms with Gasteiger partial charge in [-0.2, -0.15) is 0 Å². The number of ether oxygens (including phenoxy) is 1. The number of benzene rings is 3. The Morgan fingerprint density at radius 1 is 1.06 bits per heavy atom. The number of hydrogen-bond acceptors (Lipinski definition) is 4. The number of anilines is 1. The van der Waals surface area contributed by atoms with E-state index >= 15 is 0 Å². The molecule has 1 atom stereocenters. The lowest BCUT2D eigenvalue weighted by Gasteiger charge is -2.23. The maximum absolute atomic E-state index is 13.4. The maximum Gasteiger partial charge on any atom is 0.264 e. The molecule has 0 fully saturated rings. The van der Waals surface area contributed by atoms with Gasteiger partial charge in [-0.3, -0.25) is 9.59 Å². The van der Waals surface area contributed by atoms with E-state index in [4.69, 9.17) is 4.74 Å². The summed E-state index contributed by atoms with van der Waals surface area (Å²) in [6.45, 7) is 0.410. The lowest BCUT2D eigenvalue weighted by molar-refractivity contribution is -0.135. The van der Waals surface area contributed by atoms with Crippen molar-refractivity contribution in [2.45, 2.75) is 18.4 Å². The number of amides is 1. The molecule has 31 heavy (non-hydrogen) atoms. The van der Waals surface area contributed by atoms with Gasteiger partial charge in [0.15, 0.2) is 11.4 Å². The minimum absolute atomic E-state index is 0.328. The molecule has 0 saturated heterocycles. The number of halogens is 1. The van der Waals surface area contributed by atoms with Gasteiger partial charge in [0, 0.05) is 22.1 Å². The number of carbonyl (C=O) groups excluding carboxylic acids is 2. The summed E-state index contributed by atoms with van der Waals surface area (Å²) >= 11 is 3.42. The van der Waals surface area contributed by atoms with Crippen LogP contribution in [0.15, 0.2) is 77.3 Å². The maximum atomic E-state index is 13.4. The van der Waals surface area contributed by atoms with E-state index in [0.717, 1.165) is 10.0 Å². The predicted molar refractivity (Wildman–Crippen MR) is 122 cm³/mol. The number of rotatable bonds is 7. The summed E-state index contributed by atoms with van der Waals surface area (Å²) in [5, 5.41) is 11.5. The molecule has 0 aromatic heterocycles. The van der Waals surface area contributed by atoms with E-state index in [1.54, 1.807) is 41.3 Å². The van der Waals surface area contributed by atoms with Gasteiger partial charge in [0.1, 0.15) is 5.75 Å². The molecule has 6 heteroatoms. The number of Topliss-reactive ketones (excluding diaryl/α,β-unsaturated/α-hetero) is 1. The zero-order valence-electron chi connectivity index (χ0n) is 17.0. The van der Waals surface area contributed by atoms with Crippen LogP contribution < -0.4 is 9.64 Å². The largest absolute Gasteiger partial charge is 0.497 e. The fourth-order valence-corrected chi connectivity index (χ4v) is 4.29. The summed E-state index contributed by atoms with van der Waals surface area (Å²) < 4.78 is 5.92. The second-order valence-corrected chi connectivity index (χ2v) is 8.46. The van der Waals surface area contributed by atoms with Gasteiger partial charge in [-0.1, -0.05) is 58.4 Å². The molecule has 0 unspecified atom stereocenters. The molecule has 5 nitrogen and oxygen atoms in total. The summed E-state index contributed by atoms with van der Waals surface area (Å²) in [6, 6.07) is 21.9. The van der Waals surface area contributed by atoms with E-state index in [1.807, 2.05) is 36.4 Å². The average Bonchev–Trinajstić information content (AvgIpc) is 2.99. The van der Waals surface area contributed by atoms with Crippen molar-refractivity contribution < 1.29 is 19.4 Å². The Bertz CT molecular complexity index is 1130. The van der Waals surface area contributed by atoms with Crippen LogP contribution in [0.2, 0.25) is 0 Å². The molecule has 1 aliphatic rings. The molecule has 1 N–H and O–H groups in total. The Labute approximate surface area is 189 Å². The minimum atomic E-state index is -1.92. The zero-order chi connectivity index (χ0) is 22.0. The Kier molecular flexibility index (Phi) is 5.94. The number of ketones is 1. The lowest BCUT2D eigenvalue weighted by atomic mass is 9.88. The first-order valence-electron chi connectivity index (χ1n) is 9.98. The first-order chi connectivity index (χ1) is 14.9. The third-order valence-electron chi connectivity index (χ3n) is 5.57. The molecule has 1 amide bonds. The molecular weight excluding hydrogens is 458 g/mol. The highest BCUT2D eigenvalue weighted by atomic mass is 79.9. The van der Waals surface area contributed by atoms with E-state index in [0.29, 0.717) is 35.5 Å². The van der Waals surface area contributed by atoms with Crippen LogP contribution in [0.4, 0.5) is 5.69 Å². The second-order valence-electron chi connectivity index (χ2n) is 7.55. The van der Waals surface area contributed by atoms with Crippen molar-refractivity contribution in [3.8, 4) is 5.75 Å². The van der Waals surface area contributed by atoms with Crippen molar-refractivity contribution in [1.82, 2.24) is 0 Å². The molecule has 0 aliphatic carbocycles. The van der Waals surface area contributed by atoms with Crippen molar-refractivity contribution in [2.75, 3.05) is 18.6 Å². The van der Waals surface area contributed by atoms with Crippen LogP contribution >= 0.6 is 15.9 Å². The van der Waals surface area contributed by atoms with E-state index in [1.165, 1.54) is 7.11 Å². The summed E-state index contributed by atoms with van der Waals surface area (Å²) in [7, 11) is 1.52. The van der Waals surface area contributed by atoms with Gasteiger partial charge in [-0.25, -0.2) is 0 Å². The van der Waals surface area contributed by atoms with Gasteiger partial charge in [0.2, 0.25) is 0 Å². The molecule has 1 aliphatic heterocycles. The number of carbonyl (C=O) groups is 2. The second kappa shape index (κ2) is 8.65. The fourth-order valence-electron chi connectivity index (χ4n) is 3.93. The normalized spacial score (nSPS) is 17.5. The van der Waals surface area contributed by atoms with Crippen LogP contribution in [0.1, 0.15) is 27.9 Å². The van der Waals surface area contributed by atoms with Gasteiger partial charge in [0.05, 0.1) is 19.2 Å². The third-order valence-corrected chi connectivity index (χ3v) is 6.06. The predicted octanol–water partition coefficient (Wildman–Crippen LogP) is 4.51. The van der Waals surface area contributed by atoms with E-state index in [-0.39, 0.29) is 12.2 Å². The number of methoxy groups -OCH3 is 1. The first-order valence-corrected chi connectivity index (χ1v) is 10.8. The van der Waals surface area contributed by atoms with Gasteiger partial charge in [-0.15, -0.1) is 0 Å². The highest BCUT2D eigenvalue weighted by Gasteiger charge is 2.50. The topological polar surface area (TPSA) is 66.8 Å². The van der Waals surface area contributed by atoms with E-state index < -0.39 is 11.5 Å². The quantitative estimate of drug-likeness (QED) is 0.506. The van der Waals surface area contributed by atoms with Gasteiger partial charge in [-0.05, 0) is 42.3 Å². The fraction of sp³-hybridized carbons (Fsp3) is 0.200. The molecule has 3 aromatic carbocycles. The Morgan fingerprint density at radius 3 is 2.58 bits per heavy atom. The Morgan fingerprint density at radius 2 is 1.84 bits per heavy atom. The van der Waals surface area contributed by atoms with Gasteiger partial charge < -0.3 is 14.7 Å². The molecule has 158 valence electrons.